The number of thiazole rings is 1. The first-order valence-electron chi connectivity index (χ1n) is 11.4. The standard InChI is InChI=1S/C26H30N2O5S/c1-4-32-22-7-5-6-8-23(22)33-20-11-13-28(14-12-20)25(29)16-19-17-34-26(27-19)18-9-10-21(30-2)24(15-18)31-3/h5-10,15,17,20H,4,11-14,16H2,1-3H3. The van der Waals surface area contributed by atoms with Gasteiger partial charge in [0.05, 0.1) is 32.9 Å². The lowest BCUT2D eigenvalue weighted by Gasteiger charge is -2.32. The third kappa shape index (κ3) is 5.62. The Morgan fingerprint density at radius 1 is 1.03 bits per heavy atom. The van der Waals surface area contributed by atoms with Crippen LogP contribution in [0.5, 0.6) is 23.0 Å². The predicted octanol–water partition coefficient (Wildman–Crippen LogP) is 4.84. The molecule has 0 spiro atoms. The number of hydrogen-bond donors (Lipinski definition) is 0. The summed E-state index contributed by atoms with van der Waals surface area (Å²) in [5.41, 5.74) is 1.72. The highest BCUT2D eigenvalue weighted by Gasteiger charge is 2.25. The fraction of sp³-hybridized carbons (Fsp3) is 0.385. The van der Waals surface area contributed by atoms with Crippen LogP contribution in [0.1, 0.15) is 25.5 Å². The van der Waals surface area contributed by atoms with Crippen LogP contribution >= 0.6 is 11.3 Å². The second-order valence-corrected chi connectivity index (χ2v) is 8.83. The average Bonchev–Trinajstić information content (AvgIpc) is 3.33. The van der Waals surface area contributed by atoms with Crippen LogP contribution in [0.3, 0.4) is 0 Å². The normalized spacial score (nSPS) is 14.0. The highest BCUT2D eigenvalue weighted by molar-refractivity contribution is 7.13. The molecule has 0 saturated carbocycles. The van der Waals surface area contributed by atoms with E-state index in [-0.39, 0.29) is 12.0 Å². The lowest BCUT2D eigenvalue weighted by Crippen LogP contribution is -2.42. The van der Waals surface area contributed by atoms with Crippen LogP contribution in [0, 0.1) is 0 Å². The molecule has 0 radical (unpaired) electrons. The van der Waals surface area contributed by atoms with E-state index in [0.717, 1.165) is 40.6 Å². The van der Waals surface area contributed by atoms with Crippen LogP contribution in [0.15, 0.2) is 47.8 Å². The molecular formula is C26H30N2O5S. The van der Waals surface area contributed by atoms with E-state index in [1.165, 1.54) is 11.3 Å². The molecule has 0 atom stereocenters. The summed E-state index contributed by atoms with van der Waals surface area (Å²) in [6.45, 7) is 3.90. The van der Waals surface area contributed by atoms with E-state index >= 15 is 0 Å². The molecule has 0 bridgehead atoms. The topological polar surface area (TPSA) is 70.1 Å². The molecule has 3 aromatic rings. The summed E-state index contributed by atoms with van der Waals surface area (Å²) < 4.78 is 22.5. The molecule has 7 nitrogen and oxygen atoms in total. The zero-order valence-electron chi connectivity index (χ0n) is 19.8. The molecule has 2 aromatic carbocycles. The number of nitrogens with zero attached hydrogens (tertiary/aromatic N) is 2. The number of benzene rings is 2. The van der Waals surface area contributed by atoms with Crippen molar-refractivity contribution in [2.45, 2.75) is 32.3 Å². The molecule has 1 aliphatic rings. The van der Waals surface area contributed by atoms with Crippen molar-refractivity contribution in [1.29, 1.82) is 0 Å². The fourth-order valence-electron chi connectivity index (χ4n) is 3.98. The molecule has 4 rings (SSSR count). The van der Waals surface area contributed by atoms with Crippen LogP contribution < -0.4 is 18.9 Å². The molecule has 1 amide bonds. The third-order valence-electron chi connectivity index (χ3n) is 5.75. The van der Waals surface area contributed by atoms with Crippen molar-refractivity contribution in [2.75, 3.05) is 33.9 Å². The first-order valence-corrected chi connectivity index (χ1v) is 12.3. The smallest absolute Gasteiger partial charge is 0.228 e. The molecule has 180 valence electrons. The van der Waals surface area contributed by atoms with Gasteiger partial charge in [0.25, 0.3) is 0 Å². The largest absolute Gasteiger partial charge is 0.493 e. The Bertz CT molecular complexity index is 1110. The summed E-state index contributed by atoms with van der Waals surface area (Å²) in [5.74, 6) is 2.95. The third-order valence-corrected chi connectivity index (χ3v) is 6.69. The molecule has 1 aliphatic heterocycles. The summed E-state index contributed by atoms with van der Waals surface area (Å²) >= 11 is 1.52. The van der Waals surface area contributed by atoms with Crippen molar-refractivity contribution in [1.82, 2.24) is 9.88 Å². The van der Waals surface area contributed by atoms with Crippen LogP contribution in [0.4, 0.5) is 0 Å². The van der Waals surface area contributed by atoms with Crippen molar-refractivity contribution in [3.8, 4) is 33.6 Å². The highest BCUT2D eigenvalue weighted by atomic mass is 32.1. The van der Waals surface area contributed by atoms with Gasteiger partial charge in [-0.2, -0.15) is 0 Å². The second kappa shape index (κ2) is 11.2. The summed E-state index contributed by atoms with van der Waals surface area (Å²) in [5, 5.41) is 2.80. The van der Waals surface area contributed by atoms with Gasteiger partial charge >= 0.3 is 0 Å². The van der Waals surface area contributed by atoms with Crippen LogP contribution in [-0.4, -0.2) is 55.8 Å². The minimum absolute atomic E-state index is 0.0709. The zero-order valence-corrected chi connectivity index (χ0v) is 20.6. The van der Waals surface area contributed by atoms with Crippen LogP contribution in [0.2, 0.25) is 0 Å². The van der Waals surface area contributed by atoms with Gasteiger partial charge in [-0.15, -0.1) is 11.3 Å². The number of hydrogen-bond acceptors (Lipinski definition) is 7. The molecule has 0 unspecified atom stereocenters. The van der Waals surface area contributed by atoms with Gasteiger partial charge in [0.2, 0.25) is 5.91 Å². The second-order valence-electron chi connectivity index (χ2n) is 7.97. The number of aromatic nitrogens is 1. The van der Waals surface area contributed by atoms with Gasteiger partial charge in [0, 0.05) is 36.9 Å². The van der Waals surface area contributed by atoms with Gasteiger partial charge in [-0.25, -0.2) is 4.98 Å². The molecule has 1 aromatic heterocycles. The number of methoxy groups -OCH3 is 2. The average molecular weight is 483 g/mol. The Kier molecular flexibility index (Phi) is 7.90. The first-order chi connectivity index (χ1) is 16.6. The number of amides is 1. The number of carbonyl (C=O) groups excluding carboxylic acids is 1. The summed E-state index contributed by atoms with van der Waals surface area (Å²) in [4.78, 5) is 19.5. The van der Waals surface area contributed by atoms with E-state index < -0.39 is 0 Å². The maximum Gasteiger partial charge on any atom is 0.228 e. The number of para-hydroxylation sites is 2. The summed E-state index contributed by atoms with van der Waals surface area (Å²) in [7, 11) is 3.22. The minimum Gasteiger partial charge on any atom is -0.493 e. The zero-order chi connectivity index (χ0) is 23.9. The molecule has 1 saturated heterocycles. The monoisotopic (exact) mass is 482 g/mol. The maximum absolute atomic E-state index is 12.9. The maximum atomic E-state index is 12.9. The lowest BCUT2D eigenvalue weighted by atomic mass is 10.1. The quantitative estimate of drug-likeness (QED) is 0.435. The van der Waals surface area contributed by atoms with Gasteiger partial charge in [0.15, 0.2) is 23.0 Å². The highest BCUT2D eigenvalue weighted by Crippen LogP contribution is 2.34. The predicted molar refractivity (Wildman–Crippen MR) is 132 cm³/mol. The van der Waals surface area contributed by atoms with E-state index in [4.69, 9.17) is 18.9 Å². The van der Waals surface area contributed by atoms with Crippen molar-refractivity contribution in [3.63, 3.8) is 0 Å². The molecule has 2 heterocycles. The summed E-state index contributed by atoms with van der Waals surface area (Å²) in [6.07, 6.45) is 1.95. The SMILES string of the molecule is CCOc1ccccc1OC1CCN(C(=O)Cc2csc(-c3ccc(OC)c(OC)c3)n2)CC1. The van der Waals surface area contributed by atoms with Gasteiger partial charge in [0.1, 0.15) is 11.1 Å². The van der Waals surface area contributed by atoms with E-state index in [1.54, 1.807) is 14.2 Å². The Morgan fingerprint density at radius 3 is 2.47 bits per heavy atom. The van der Waals surface area contributed by atoms with E-state index in [2.05, 4.69) is 4.98 Å². The molecule has 8 heteroatoms. The number of ether oxygens (including phenoxy) is 4. The van der Waals surface area contributed by atoms with E-state index in [9.17, 15) is 4.79 Å². The van der Waals surface area contributed by atoms with Crippen molar-refractivity contribution in [3.05, 3.63) is 53.5 Å². The lowest BCUT2D eigenvalue weighted by molar-refractivity contribution is -0.132. The molecule has 0 aliphatic carbocycles. The Hall–Kier alpha value is -3.26. The Labute approximate surface area is 204 Å². The Morgan fingerprint density at radius 2 is 1.76 bits per heavy atom. The number of carbonyl (C=O) groups is 1. The van der Waals surface area contributed by atoms with Gasteiger partial charge in [-0.05, 0) is 37.3 Å². The molecule has 34 heavy (non-hydrogen) atoms. The van der Waals surface area contributed by atoms with E-state index in [1.807, 2.05) is 59.7 Å². The number of rotatable bonds is 9. The molecular weight excluding hydrogens is 452 g/mol. The molecule has 0 N–H and O–H groups in total. The summed E-state index contributed by atoms with van der Waals surface area (Å²) in [6, 6.07) is 13.4. The number of piperidine rings is 1. The van der Waals surface area contributed by atoms with Gasteiger partial charge in [-0.3, -0.25) is 4.79 Å². The number of likely N-dealkylation sites (tertiary alicyclic amines) is 1. The van der Waals surface area contributed by atoms with Crippen LogP contribution in [-0.2, 0) is 11.2 Å². The Balaban J connectivity index is 1.32. The van der Waals surface area contributed by atoms with Crippen molar-refractivity contribution in [2.24, 2.45) is 0 Å². The van der Waals surface area contributed by atoms with Crippen molar-refractivity contribution < 1.29 is 23.7 Å². The fourth-order valence-corrected chi connectivity index (χ4v) is 4.80. The van der Waals surface area contributed by atoms with Gasteiger partial charge in [-0.1, -0.05) is 12.1 Å². The van der Waals surface area contributed by atoms with Crippen LogP contribution in [0.25, 0.3) is 10.6 Å². The first kappa shape index (κ1) is 23.9. The molecule has 1 fully saturated rings. The minimum atomic E-state index is 0.0709. The van der Waals surface area contributed by atoms with Crippen molar-refractivity contribution >= 4 is 17.2 Å². The van der Waals surface area contributed by atoms with E-state index in [0.29, 0.717) is 37.6 Å². The van der Waals surface area contributed by atoms with Gasteiger partial charge < -0.3 is 23.8 Å².